The molecule has 0 aromatic heterocycles. The Morgan fingerprint density at radius 2 is 2.11 bits per heavy atom. The average Bonchev–Trinajstić information content (AvgIpc) is 2.27. The van der Waals surface area contributed by atoms with Gasteiger partial charge in [-0.1, -0.05) is 6.07 Å². The van der Waals surface area contributed by atoms with Crippen molar-refractivity contribution in [1.82, 2.24) is 5.32 Å². The van der Waals surface area contributed by atoms with Crippen molar-refractivity contribution in [3.05, 3.63) is 24.3 Å². The van der Waals surface area contributed by atoms with Gasteiger partial charge in [-0.3, -0.25) is 4.90 Å². The van der Waals surface area contributed by atoms with Crippen LogP contribution in [-0.2, 0) is 0 Å². The molecule has 1 fully saturated rings. The monoisotopic (exact) mass is 260 g/mol. The van der Waals surface area contributed by atoms with E-state index in [4.69, 9.17) is 0 Å². The summed E-state index contributed by atoms with van der Waals surface area (Å²) >= 11 is 0. The highest BCUT2D eigenvalue weighted by Crippen LogP contribution is 2.27. The molecular formula is C11H11F3N2O2. The Morgan fingerprint density at radius 3 is 2.78 bits per heavy atom. The van der Waals surface area contributed by atoms with Crippen LogP contribution in [0.25, 0.3) is 0 Å². The maximum Gasteiger partial charge on any atom is 0.573 e. The van der Waals surface area contributed by atoms with Crippen LogP contribution < -0.4 is 15.0 Å². The number of halogens is 3. The van der Waals surface area contributed by atoms with Gasteiger partial charge < -0.3 is 10.1 Å². The lowest BCUT2D eigenvalue weighted by molar-refractivity contribution is -0.274. The Kier molecular flexibility index (Phi) is 3.31. The number of hydrogen-bond donors (Lipinski definition) is 1. The molecule has 1 N–H and O–H groups in total. The molecule has 0 unspecified atom stereocenters. The quantitative estimate of drug-likeness (QED) is 0.887. The van der Waals surface area contributed by atoms with E-state index in [1.807, 2.05) is 0 Å². The largest absolute Gasteiger partial charge is 0.573 e. The zero-order chi connectivity index (χ0) is 13.2. The van der Waals surface area contributed by atoms with Gasteiger partial charge in [0.25, 0.3) is 0 Å². The van der Waals surface area contributed by atoms with E-state index in [1.165, 1.54) is 23.1 Å². The van der Waals surface area contributed by atoms with E-state index < -0.39 is 6.36 Å². The minimum Gasteiger partial charge on any atom is -0.406 e. The van der Waals surface area contributed by atoms with Crippen LogP contribution in [-0.4, -0.2) is 25.5 Å². The number of nitrogens with one attached hydrogen (secondary N) is 1. The predicted octanol–water partition coefficient (Wildman–Crippen LogP) is 2.50. The molecule has 1 heterocycles. The number of hydrogen-bond acceptors (Lipinski definition) is 2. The Hall–Kier alpha value is -1.92. The van der Waals surface area contributed by atoms with Crippen molar-refractivity contribution in [3.8, 4) is 5.75 Å². The highest BCUT2D eigenvalue weighted by atomic mass is 19.4. The Labute approximate surface area is 101 Å². The van der Waals surface area contributed by atoms with Gasteiger partial charge in [0.15, 0.2) is 0 Å². The number of urea groups is 1. The average molecular weight is 260 g/mol. The Balaban J connectivity index is 2.18. The molecule has 7 heteroatoms. The molecule has 0 bridgehead atoms. The molecule has 1 aromatic carbocycles. The first-order valence-corrected chi connectivity index (χ1v) is 5.37. The second-order valence-corrected chi connectivity index (χ2v) is 3.78. The molecule has 98 valence electrons. The maximum atomic E-state index is 12.1. The summed E-state index contributed by atoms with van der Waals surface area (Å²) in [5, 5.41) is 2.62. The van der Waals surface area contributed by atoms with Crippen molar-refractivity contribution >= 4 is 11.7 Å². The minimum atomic E-state index is -4.73. The summed E-state index contributed by atoms with van der Waals surface area (Å²) in [6.45, 7) is 1.05. The van der Waals surface area contributed by atoms with Crippen molar-refractivity contribution in [1.29, 1.82) is 0 Å². The first kappa shape index (κ1) is 12.5. The smallest absolute Gasteiger partial charge is 0.406 e. The topological polar surface area (TPSA) is 41.6 Å². The highest BCUT2D eigenvalue weighted by molar-refractivity contribution is 5.92. The number of amides is 2. The SMILES string of the molecule is O=C1NCCCN1c1cccc(OC(F)(F)F)c1. The number of alkyl halides is 3. The zero-order valence-electron chi connectivity index (χ0n) is 9.33. The van der Waals surface area contributed by atoms with Crippen LogP contribution in [0.1, 0.15) is 6.42 Å². The van der Waals surface area contributed by atoms with E-state index in [9.17, 15) is 18.0 Å². The van der Waals surface area contributed by atoms with Gasteiger partial charge in [0, 0.05) is 24.8 Å². The molecule has 0 spiro atoms. The highest BCUT2D eigenvalue weighted by Gasteiger charge is 2.31. The van der Waals surface area contributed by atoms with Gasteiger partial charge in [-0.2, -0.15) is 0 Å². The minimum absolute atomic E-state index is 0.314. The number of ether oxygens (including phenoxy) is 1. The molecule has 1 aliphatic heterocycles. The van der Waals surface area contributed by atoms with Crippen LogP contribution in [0.2, 0.25) is 0 Å². The summed E-state index contributed by atoms with van der Waals surface area (Å²) in [6.07, 6.45) is -3.99. The van der Waals surface area contributed by atoms with Gasteiger partial charge >= 0.3 is 12.4 Å². The van der Waals surface area contributed by atoms with Gasteiger partial charge in [-0.15, -0.1) is 13.2 Å². The van der Waals surface area contributed by atoms with Crippen molar-refractivity contribution in [3.63, 3.8) is 0 Å². The molecule has 2 amide bonds. The lowest BCUT2D eigenvalue weighted by Crippen LogP contribution is -2.46. The molecule has 1 saturated heterocycles. The molecule has 0 aliphatic carbocycles. The maximum absolute atomic E-state index is 12.1. The molecule has 2 rings (SSSR count). The van der Waals surface area contributed by atoms with Gasteiger partial charge in [0.2, 0.25) is 0 Å². The number of nitrogens with zero attached hydrogens (tertiary/aromatic N) is 1. The molecule has 1 aromatic rings. The van der Waals surface area contributed by atoms with Crippen molar-refractivity contribution < 1.29 is 22.7 Å². The molecule has 1 aliphatic rings. The molecule has 0 atom stereocenters. The van der Waals surface area contributed by atoms with E-state index >= 15 is 0 Å². The second-order valence-electron chi connectivity index (χ2n) is 3.78. The van der Waals surface area contributed by atoms with Crippen molar-refractivity contribution in [2.24, 2.45) is 0 Å². The molecule has 4 nitrogen and oxygen atoms in total. The molecule has 0 saturated carbocycles. The van der Waals surface area contributed by atoms with Gasteiger partial charge in [0.05, 0.1) is 0 Å². The molecule has 18 heavy (non-hydrogen) atoms. The van der Waals surface area contributed by atoms with E-state index in [0.29, 0.717) is 18.8 Å². The molecule has 0 radical (unpaired) electrons. The predicted molar refractivity (Wildman–Crippen MR) is 58.5 cm³/mol. The van der Waals surface area contributed by atoms with Crippen molar-refractivity contribution in [2.45, 2.75) is 12.8 Å². The standard InChI is InChI=1S/C11H11F3N2O2/c12-11(13,14)18-9-4-1-3-8(7-9)16-6-2-5-15-10(16)17/h1,3-4,7H,2,5-6H2,(H,15,17). The Morgan fingerprint density at radius 1 is 1.33 bits per heavy atom. The fourth-order valence-corrected chi connectivity index (χ4v) is 1.72. The van der Waals surface area contributed by atoms with Crippen LogP contribution in [0.5, 0.6) is 5.75 Å². The van der Waals surface area contributed by atoms with Crippen LogP contribution in [0.15, 0.2) is 24.3 Å². The fourth-order valence-electron chi connectivity index (χ4n) is 1.72. The fraction of sp³-hybridized carbons (Fsp3) is 0.364. The third kappa shape index (κ3) is 3.06. The van der Waals surface area contributed by atoms with Crippen LogP contribution in [0, 0.1) is 0 Å². The summed E-state index contributed by atoms with van der Waals surface area (Å²) in [6, 6.07) is 5.05. The van der Waals surface area contributed by atoms with E-state index in [1.54, 1.807) is 6.07 Å². The number of benzene rings is 1. The van der Waals surface area contributed by atoms with E-state index in [0.717, 1.165) is 6.42 Å². The summed E-state index contributed by atoms with van der Waals surface area (Å²) in [4.78, 5) is 12.9. The van der Waals surface area contributed by atoms with Gasteiger partial charge in [-0.05, 0) is 18.6 Å². The second kappa shape index (κ2) is 4.75. The summed E-state index contributed by atoms with van der Waals surface area (Å²) in [5.41, 5.74) is 0.383. The van der Waals surface area contributed by atoms with Crippen LogP contribution in [0.4, 0.5) is 23.7 Å². The lowest BCUT2D eigenvalue weighted by atomic mass is 10.2. The molecular weight excluding hydrogens is 249 g/mol. The van der Waals surface area contributed by atoms with Gasteiger partial charge in [0.1, 0.15) is 5.75 Å². The number of anilines is 1. The third-order valence-electron chi connectivity index (χ3n) is 2.44. The summed E-state index contributed by atoms with van der Waals surface area (Å²) < 4.78 is 40.0. The normalized spacial score (nSPS) is 16.4. The van der Waals surface area contributed by atoms with Crippen LogP contribution in [0.3, 0.4) is 0 Å². The number of rotatable bonds is 2. The van der Waals surface area contributed by atoms with Gasteiger partial charge in [-0.25, -0.2) is 4.79 Å². The van der Waals surface area contributed by atoms with Crippen LogP contribution >= 0.6 is 0 Å². The number of carbonyl (C=O) groups is 1. The number of carbonyl (C=O) groups excluding carboxylic acids is 1. The summed E-state index contributed by atoms with van der Waals surface area (Å²) in [5.74, 6) is -0.335. The zero-order valence-corrected chi connectivity index (χ0v) is 9.33. The first-order chi connectivity index (χ1) is 8.46. The van der Waals surface area contributed by atoms with E-state index in [2.05, 4.69) is 10.1 Å². The Bertz CT molecular complexity index is 448. The summed E-state index contributed by atoms with van der Waals surface area (Å²) in [7, 11) is 0. The third-order valence-corrected chi connectivity index (χ3v) is 2.44. The first-order valence-electron chi connectivity index (χ1n) is 5.37. The van der Waals surface area contributed by atoms with E-state index in [-0.39, 0.29) is 11.8 Å². The lowest BCUT2D eigenvalue weighted by Gasteiger charge is -2.27. The van der Waals surface area contributed by atoms with Crippen molar-refractivity contribution in [2.75, 3.05) is 18.0 Å².